The van der Waals surface area contributed by atoms with E-state index in [0.717, 1.165) is 74.3 Å². The second-order valence-corrected chi connectivity index (χ2v) is 10.4. The van der Waals surface area contributed by atoms with Gasteiger partial charge in [0, 0.05) is 43.2 Å². The average molecular weight is 499 g/mol. The predicted octanol–water partition coefficient (Wildman–Crippen LogP) is 4.90. The molecule has 1 aliphatic heterocycles. The van der Waals surface area contributed by atoms with Crippen LogP contribution in [0.5, 0.6) is 0 Å². The molecule has 1 saturated heterocycles. The van der Waals surface area contributed by atoms with Crippen LogP contribution in [0.4, 0.5) is 0 Å². The second-order valence-electron chi connectivity index (χ2n) is 10.4. The lowest BCUT2D eigenvalue weighted by Gasteiger charge is -2.31. The molecule has 0 radical (unpaired) electrons. The molecule has 1 aromatic heterocycles. The van der Waals surface area contributed by atoms with Crippen molar-refractivity contribution in [1.82, 2.24) is 19.8 Å². The number of nitrogens with zero attached hydrogens (tertiary/aromatic N) is 4. The smallest absolute Gasteiger partial charge is 0.308 e. The van der Waals surface area contributed by atoms with Crippen LogP contribution in [0.2, 0.25) is 0 Å². The van der Waals surface area contributed by atoms with Gasteiger partial charge in [0.1, 0.15) is 12.1 Å². The van der Waals surface area contributed by atoms with Gasteiger partial charge < -0.3 is 14.4 Å². The van der Waals surface area contributed by atoms with Gasteiger partial charge in [-0.1, -0.05) is 58.2 Å². The van der Waals surface area contributed by atoms with E-state index >= 15 is 0 Å². The Hall–Kier alpha value is -2.38. The normalized spacial score (nSPS) is 18.0. The molecule has 4 rings (SSSR count). The molecule has 7 heteroatoms. The third-order valence-electron chi connectivity index (χ3n) is 7.22. The fraction of sp³-hybridized carbons (Fsp3) is 0.655. The minimum Gasteiger partial charge on any atom is -0.469 e. The summed E-state index contributed by atoms with van der Waals surface area (Å²) in [4.78, 5) is 35.0. The Morgan fingerprint density at radius 3 is 2.22 bits per heavy atom. The molecule has 0 spiro atoms. The Bertz CT molecular complexity index is 935. The van der Waals surface area contributed by atoms with Crippen LogP contribution in [-0.2, 0) is 20.9 Å². The lowest BCUT2D eigenvalue weighted by atomic mass is 9.91. The third-order valence-corrected chi connectivity index (χ3v) is 7.22. The van der Waals surface area contributed by atoms with Crippen molar-refractivity contribution in [2.75, 3.05) is 40.3 Å². The summed E-state index contributed by atoms with van der Waals surface area (Å²) in [5.74, 6) is 1.63. The van der Waals surface area contributed by atoms with Crippen LogP contribution in [0.25, 0.3) is 10.9 Å². The molecular weight excluding hydrogens is 452 g/mol. The number of rotatable bonds is 5. The maximum absolute atomic E-state index is 10.7. The lowest BCUT2D eigenvalue weighted by Crippen LogP contribution is -2.44. The fourth-order valence-electron chi connectivity index (χ4n) is 4.30. The van der Waals surface area contributed by atoms with E-state index in [1.165, 1.54) is 26.4 Å². The Balaban J connectivity index is 0.000000224. The molecule has 2 aliphatic rings. The summed E-state index contributed by atoms with van der Waals surface area (Å²) in [7, 11) is 3.59. The van der Waals surface area contributed by atoms with Gasteiger partial charge in [-0.3, -0.25) is 9.69 Å². The molecular formula is C29H46N4O3. The highest BCUT2D eigenvalue weighted by Crippen LogP contribution is 2.21. The predicted molar refractivity (Wildman–Crippen MR) is 146 cm³/mol. The Morgan fingerprint density at radius 1 is 1.06 bits per heavy atom. The molecule has 0 N–H and O–H groups in total. The number of aromatic nitrogens is 2. The van der Waals surface area contributed by atoms with Crippen LogP contribution < -0.4 is 0 Å². The first kappa shape index (κ1) is 29.8. The number of carbonyl (C=O) groups excluding carboxylic acids is 2. The molecule has 1 unspecified atom stereocenters. The zero-order valence-corrected chi connectivity index (χ0v) is 23.2. The number of carbonyl (C=O) groups is 2. The monoisotopic (exact) mass is 498 g/mol. The van der Waals surface area contributed by atoms with Crippen LogP contribution in [-0.4, -0.2) is 72.4 Å². The van der Waals surface area contributed by atoms with Crippen LogP contribution in [0.1, 0.15) is 64.4 Å². The number of piperazine rings is 1. The van der Waals surface area contributed by atoms with Crippen molar-refractivity contribution in [3.8, 4) is 0 Å². The molecule has 1 atom stereocenters. The number of para-hydroxylation sites is 1. The van der Waals surface area contributed by atoms with Crippen molar-refractivity contribution < 1.29 is 14.3 Å². The highest BCUT2D eigenvalue weighted by Gasteiger charge is 2.16. The van der Waals surface area contributed by atoms with Gasteiger partial charge in [-0.15, -0.1) is 0 Å². The molecule has 0 amide bonds. The van der Waals surface area contributed by atoms with E-state index in [1.807, 2.05) is 32.9 Å². The number of ether oxygens (including phenoxy) is 1. The first-order valence-electron chi connectivity index (χ1n) is 13.4. The first-order valence-corrected chi connectivity index (χ1v) is 13.4. The number of likely N-dealkylation sites (N-methyl/N-ethyl adjacent to an activating group) is 1. The molecule has 2 aromatic rings. The number of methoxy groups -OCH3 is 1. The number of fused-ring (bicyclic) bond motifs is 1. The highest BCUT2D eigenvalue weighted by atomic mass is 16.5. The summed E-state index contributed by atoms with van der Waals surface area (Å²) in [5, 5.41) is 1.16. The van der Waals surface area contributed by atoms with Crippen LogP contribution >= 0.6 is 0 Å². The molecule has 200 valence electrons. The molecule has 0 bridgehead atoms. The molecule has 1 saturated carbocycles. The van der Waals surface area contributed by atoms with Crippen molar-refractivity contribution in [2.24, 2.45) is 17.8 Å². The molecule has 7 nitrogen and oxygen atoms in total. The van der Waals surface area contributed by atoms with Crippen LogP contribution in [0.3, 0.4) is 0 Å². The zero-order chi connectivity index (χ0) is 26.5. The van der Waals surface area contributed by atoms with Crippen LogP contribution in [0.15, 0.2) is 24.3 Å². The SMILES string of the molecule is COC(=O)C(C)C(C)C.Cc1nc(CN2CCN(C)CC2)nc2ccccc12.O=CC1CCCCC1. The fourth-order valence-corrected chi connectivity index (χ4v) is 4.30. The zero-order valence-electron chi connectivity index (χ0n) is 23.2. The van der Waals surface area contributed by atoms with Gasteiger partial charge in [-0.2, -0.15) is 0 Å². The maximum Gasteiger partial charge on any atom is 0.308 e. The van der Waals surface area contributed by atoms with Gasteiger partial charge in [0.25, 0.3) is 0 Å². The molecule has 1 aromatic carbocycles. The highest BCUT2D eigenvalue weighted by molar-refractivity contribution is 5.80. The summed E-state index contributed by atoms with van der Waals surface area (Å²) in [6.45, 7) is 13.3. The lowest BCUT2D eigenvalue weighted by molar-refractivity contribution is -0.146. The summed E-state index contributed by atoms with van der Waals surface area (Å²) in [5.41, 5.74) is 2.13. The standard InChI is InChI=1S/C15H20N4.C7H14O2.C7H12O/c1-12-13-5-3-4-6-14(13)17-15(16-12)11-19-9-7-18(2)8-10-19;1-5(2)6(3)7(8)9-4;8-6-7-4-2-1-3-5-7/h3-6H,7-11H2,1-2H3;5-6H,1-4H3;6-7H,1-5H2. The van der Waals surface area contributed by atoms with Crippen molar-refractivity contribution in [1.29, 1.82) is 0 Å². The van der Waals surface area contributed by atoms with E-state index in [9.17, 15) is 9.59 Å². The van der Waals surface area contributed by atoms with Gasteiger partial charge in [0.15, 0.2) is 0 Å². The van der Waals surface area contributed by atoms with E-state index in [2.05, 4.69) is 50.6 Å². The molecule has 36 heavy (non-hydrogen) atoms. The van der Waals surface area contributed by atoms with E-state index in [-0.39, 0.29) is 11.9 Å². The minimum absolute atomic E-state index is 0.0231. The van der Waals surface area contributed by atoms with Gasteiger partial charge in [0.2, 0.25) is 0 Å². The van der Waals surface area contributed by atoms with Gasteiger partial charge in [-0.25, -0.2) is 9.97 Å². The van der Waals surface area contributed by atoms with Crippen molar-refractivity contribution in [2.45, 2.75) is 66.3 Å². The maximum atomic E-state index is 10.7. The summed E-state index contributed by atoms with van der Waals surface area (Å²) >= 11 is 0. The summed E-state index contributed by atoms with van der Waals surface area (Å²) < 4.78 is 4.53. The Morgan fingerprint density at radius 2 is 1.69 bits per heavy atom. The van der Waals surface area contributed by atoms with Crippen molar-refractivity contribution >= 4 is 23.2 Å². The topological polar surface area (TPSA) is 75.6 Å². The molecule has 1 aliphatic carbocycles. The Labute approximate surface area is 217 Å². The van der Waals surface area contributed by atoms with E-state index in [4.69, 9.17) is 0 Å². The van der Waals surface area contributed by atoms with Gasteiger partial charge in [-0.05, 0) is 38.8 Å². The number of aryl methyl sites for hydroxylation is 1. The number of hydrogen-bond acceptors (Lipinski definition) is 7. The van der Waals surface area contributed by atoms with Crippen LogP contribution in [0, 0.1) is 24.7 Å². The largest absolute Gasteiger partial charge is 0.469 e. The van der Waals surface area contributed by atoms with Gasteiger partial charge >= 0.3 is 5.97 Å². The minimum atomic E-state index is -0.120. The third kappa shape index (κ3) is 9.94. The van der Waals surface area contributed by atoms with Crippen molar-refractivity contribution in [3.05, 3.63) is 35.8 Å². The summed E-state index contributed by atoms with van der Waals surface area (Å²) in [6.07, 6.45) is 7.27. The van der Waals surface area contributed by atoms with Crippen molar-refractivity contribution in [3.63, 3.8) is 0 Å². The Kier molecular flexibility index (Phi) is 13.0. The summed E-state index contributed by atoms with van der Waals surface area (Å²) in [6, 6.07) is 8.23. The number of hydrogen-bond donors (Lipinski definition) is 0. The van der Waals surface area contributed by atoms with E-state index in [0.29, 0.717) is 11.8 Å². The van der Waals surface area contributed by atoms with Gasteiger partial charge in [0.05, 0.1) is 25.1 Å². The quantitative estimate of drug-likeness (QED) is 0.429. The van der Waals surface area contributed by atoms with E-state index < -0.39 is 0 Å². The average Bonchev–Trinajstić information content (AvgIpc) is 2.90. The number of aldehydes is 1. The molecule has 2 fully saturated rings. The second kappa shape index (κ2) is 15.7. The number of esters is 1. The first-order chi connectivity index (χ1) is 17.2. The number of benzene rings is 1. The molecule has 2 heterocycles. The van der Waals surface area contributed by atoms with E-state index in [1.54, 1.807) is 0 Å².